The van der Waals surface area contributed by atoms with Crippen molar-refractivity contribution in [3.63, 3.8) is 0 Å². The lowest BCUT2D eigenvalue weighted by atomic mass is 10.2. The first-order valence-corrected chi connectivity index (χ1v) is 13.1. The number of rotatable bonds is 6. The molecule has 1 fully saturated rings. The zero-order valence-electron chi connectivity index (χ0n) is 17.3. The molecule has 9 heteroatoms. The number of nitrogens with zero attached hydrogens (tertiary/aromatic N) is 3. The summed E-state index contributed by atoms with van der Waals surface area (Å²) in [6.45, 7) is 4.65. The number of hydrogen-bond donors (Lipinski definition) is 0. The Kier molecular flexibility index (Phi) is 6.50. The molecule has 0 aliphatic carbocycles. The van der Waals surface area contributed by atoms with Crippen molar-refractivity contribution in [1.82, 2.24) is 9.88 Å². The Hall–Kier alpha value is -2.16. The summed E-state index contributed by atoms with van der Waals surface area (Å²) >= 11 is 7.50. The molecule has 0 N–H and O–H groups in total. The van der Waals surface area contributed by atoms with Gasteiger partial charge in [-0.25, -0.2) is 13.4 Å². The summed E-state index contributed by atoms with van der Waals surface area (Å²) < 4.78 is 26.1. The van der Waals surface area contributed by atoms with Gasteiger partial charge in [0.1, 0.15) is 0 Å². The summed E-state index contributed by atoms with van der Waals surface area (Å²) in [6.07, 6.45) is 0.976. The van der Waals surface area contributed by atoms with Crippen molar-refractivity contribution < 1.29 is 13.2 Å². The maximum atomic E-state index is 12.6. The number of benzene rings is 2. The molecule has 4 rings (SSSR count). The molecule has 0 unspecified atom stereocenters. The standard InChI is InChI=1S/C22H24ClN3O3S2/c1-2-16-3-8-19-20(15-16)30-22(24-19)26-12-10-25(11-13-26)21(27)9-14-31(28,29)18-6-4-17(23)5-7-18/h3-8,15H,2,9-14H2,1H3. The molecule has 0 atom stereocenters. The van der Waals surface area contributed by atoms with E-state index in [4.69, 9.17) is 16.6 Å². The van der Waals surface area contributed by atoms with Gasteiger partial charge in [0.25, 0.3) is 0 Å². The molecule has 1 aromatic heterocycles. The quantitative estimate of drug-likeness (QED) is 0.536. The second-order valence-corrected chi connectivity index (χ2v) is 11.1. The van der Waals surface area contributed by atoms with Crippen LogP contribution in [-0.4, -0.2) is 56.1 Å². The summed E-state index contributed by atoms with van der Waals surface area (Å²) in [5.41, 5.74) is 2.30. The van der Waals surface area contributed by atoms with E-state index in [1.165, 1.54) is 22.4 Å². The van der Waals surface area contributed by atoms with E-state index in [0.29, 0.717) is 31.2 Å². The lowest BCUT2D eigenvalue weighted by Crippen LogP contribution is -2.49. The Morgan fingerprint density at radius 3 is 2.48 bits per heavy atom. The third-order valence-electron chi connectivity index (χ3n) is 5.51. The van der Waals surface area contributed by atoms with Crippen LogP contribution in [0.15, 0.2) is 47.4 Å². The first-order valence-electron chi connectivity index (χ1n) is 10.3. The van der Waals surface area contributed by atoms with Crippen LogP contribution in [0.3, 0.4) is 0 Å². The van der Waals surface area contributed by atoms with Crippen LogP contribution in [0, 0.1) is 0 Å². The van der Waals surface area contributed by atoms with Gasteiger partial charge >= 0.3 is 0 Å². The first kappa shape index (κ1) is 22.0. The number of sulfone groups is 1. The number of anilines is 1. The van der Waals surface area contributed by atoms with Gasteiger partial charge in [0.15, 0.2) is 15.0 Å². The normalized spacial score (nSPS) is 14.9. The summed E-state index contributed by atoms with van der Waals surface area (Å²) in [5, 5.41) is 1.45. The maximum Gasteiger partial charge on any atom is 0.223 e. The fourth-order valence-electron chi connectivity index (χ4n) is 3.60. The van der Waals surface area contributed by atoms with Crippen LogP contribution in [0.1, 0.15) is 18.9 Å². The van der Waals surface area contributed by atoms with Crippen molar-refractivity contribution in [3.8, 4) is 0 Å². The minimum atomic E-state index is -3.51. The summed E-state index contributed by atoms with van der Waals surface area (Å²) in [7, 11) is -3.51. The predicted octanol–water partition coefficient (Wildman–Crippen LogP) is 4.02. The molecule has 0 radical (unpaired) electrons. The van der Waals surface area contributed by atoms with Gasteiger partial charge < -0.3 is 9.80 Å². The monoisotopic (exact) mass is 477 g/mol. The van der Waals surface area contributed by atoms with Crippen molar-refractivity contribution in [2.75, 3.05) is 36.8 Å². The van der Waals surface area contributed by atoms with E-state index in [1.807, 2.05) is 0 Å². The molecule has 1 saturated heterocycles. The van der Waals surface area contributed by atoms with Crippen LogP contribution >= 0.6 is 22.9 Å². The van der Waals surface area contributed by atoms with Gasteiger partial charge in [-0.05, 0) is 48.4 Å². The average molecular weight is 478 g/mol. The highest BCUT2D eigenvalue weighted by molar-refractivity contribution is 7.91. The lowest BCUT2D eigenvalue weighted by Gasteiger charge is -2.34. The van der Waals surface area contributed by atoms with Gasteiger partial charge in [-0.2, -0.15) is 0 Å². The Labute approximate surface area is 191 Å². The molecule has 0 bridgehead atoms. The minimum absolute atomic E-state index is 0.0219. The van der Waals surface area contributed by atoms with Crippen molar-refractivity contribution in [3.05, 3.63) is 53.1 Å². The van der Waals surface area contributed by atoms with Crippen LogP contribution < -0.4 is 4.90 Å². The lowest BCUT2D eigenvalue weighted by molar-refractivity contribution is -0.131. The zero-order chi connectivity index (χ0) is 22.0. The van der Waals surface area contributed by atoms with Crippen LogP contribution in [0.5, 0.6) is 0 Å². The van der Waals surface area contributed by atoms with Gasteiger partial charge in [-0.1, -0.05) is 35.9 Å². The number of amides is 1. The smallest absolute Gasteiger partial charge is 0.223 e. The van der Waals surface area contributed by atoms with Gasteiger partial charge in [-0.15, -0.1) is 0 Å². The number of aryl methyl sites for hydroxylation is 1. The van der Waals surface area contributed by atoms with E-state index in [-0.39, 0.29) is 23.0 Å². The molecule has 2 aromatic carbocycles. The highest BCUT2D eigenvalue weighted by Gasteiger charge is 2.25. The SMILES string of the molecule is CCc1ccc2nc(N3CCN(C(=O)CCS(=O)(=O)c4ccc(Cl)cc4)CC3)sc2c1. The topological polar surface area (TPSA) is 70.6 Å². The summed E-state index contributed by atoms with van der Waals surface area (Å²) in [6, 6.07) is 12.4. The molecule has 0 spiro atoms. The Bertz CT molecular complexity index is 1180. The van der Waals surface area contributed by atoms with Crippen LogP contribution in [0.4, 0.5) is 5.13 Å². The van der Waals surface area contributed by atoms with Gasteiger partial charge in [0, 0.05) is 37.6 Å². The van der Waals surface area contributed by atoms with Gasteiger partial charge in [0.2, 0.25) is 5.91 Å². The van der Waals surface area contributed by atoms with Gasteiger partial charge in [-0.3, -0.25) is 4.79 Å². The Morgan fingerprint density at radius 1 is 1.10 bits per heavy atom. The number of halogens is 1. The molecule has 1 aliphatic heterocycles. The van der Waals surface area contributed by atoms with Crippen molar-refractivity contribution >= 4 is 54.0 Å². The van der Waals surface area contributed by atoms with Crippen LogP contribution in [-0.2, 0) is 21.1 Å². The molecule has 164 valence electrons. The number of carbonyl (C=O) groups is 1. The minimum Gasteiger partial charge on any atom is -0.345 e. The van der Waals surface area contributed by atoms with Crippen molar-refractivity contribution in [2.24, 2.45) is 0 Å². The first-order chi connectivity index (χ1) is 14.9. The second-order valence-electron chi connectivity index (χ2n) is 7.54. The fourth-order valence-corrected chi connectivity index (χ4v) is 6.04. The number of fused-ring (bicyclic) bond motifs is 1. The summed E-state index contributed by atoms with van der Waals surface area (Å²) in [4.78, 5) is 21.5. The fraction of sp³-hybridized carbons (Fsp3) is 0.364. The third-order valence-corrected chi connectivity index (χ3v) is 8.57. The Morgan fingerprint density at radius 2 is 1.81 bits per heavy atom. The zero-order valence-corrected chi connectivity index (χ0v) is 19.6. The third kappa shape index (κ3) is 5.02. The molecule has 6 nitrogen and oxygen atoms in total. The predicted molar refractivity (Wildman–Crippen MR) is 126 cm³/mol. The van der Waals surface area contributed by atoms with Gasteiger partial charge in [0.05, 0.1) is 20.9 Å². The molecule has 1 amide bonds. The van der Waals surface area contributed by atoms with E-state index >= 15 is 0 Å². The molecule has 1 aliphatic rings. The van der Waals surface area contributed by atoms with E-state index in [2.05, 4.69) is 30.0 Å². The Balaban J connectivity index is 1.33. The molecule has 2 heterocycles. The van der Waals surface area contributed by atoms with E-state index in [0.717, 1.165) is 17.1 Å². The molecular weight excluding hydrogens is 454 g/mol. The van der Waals surface area contributed by atoms with Crippen molar-refractivity contribution in [1.29, 1.82) is 0 Å². The van der Waals surface area contributed by atoms with Crippen LogP contribution in [0.2, 0.25) is 5.02 Å². The van der Waals surface area contributed by atoms with E-state index in [1.54, 1.807) is 28.4 Å². The maximum absolute atomic E-state index is 12.6. The largest absolute Gasteiger partial charge is 0.345 e. The highest BCUT2D eigenvalue weighted by Crippen LogP contribution is 2.30. The van der Waals surface area contributed by atoms with Crippen molar-refractivity contribution in [2.45, 2.75) is 24.7 Å². The number of carbonyl (C=O) groups excluding carboxylic acids is 1. The molecule has 3 aromatic rings. The highest BCUT2D eigenvalue weighted by atomic mass is 35.5. The van der Waals surface area contributed by atoms with Crippen LogP contribution in [0.25, 0.3) is 10.2 Å². The molecular formula is C22H24ClN3O3S2. The second kappa shape index (κ2) is 9.14. The summed E-state index contributed by atoms with van der Waals surface area (Å²) in [5.74, 6) is -0.334. The number of thiazole rings is 1. The molecule has 0 saturated carbocycles. The van der Waals surface area contributed by atoms with E-state index in [9.17, 15) is 13.2 Å². The number of aromatic nitrogens is 1. The van der Waals surface area contributed by atoms with E-state index < -0.39 is 9.84 Å². The number of hydrogen-bond acceptors (Lipinski definition) is 6. The number of piperazine rings is 1. The average Bonchev–Trinajstić information content (AvgIpc) is 3.21. The molecule has 31 heavy (non-hydrogen) atoms.